The monoisotopic (exact) mass is 255 g/mol. The van der Waals surface area contributed by atoms with Gasteiger partial charge in [-0.15, -0.1) is 11.8 Å². The van der Waals surface area contributed by atoms with Crippen LogP contribution in [0.5, 0.6) is 0 Å². The van der Waals surface area contributed by atoms with E-state index in [0.717, 1.165) is 23.2 Å². The van der Waals surface area contributed by atoms with Crippen molar-refractivity contribution in [3.8, 4) is 11.8 Å². The van der Waals surface area contributed by atoms with Crippen molar-refractivity contribution in [2.24, 2.45) is 0 Å². The Hall–Kier alpha value is -0.720. The molecule has 1 atom stereocenters. The number of rotatable bonds is 4. The van der Waals surface area contributed by atoms with Crippen molar-refractivity contribution in [3.63, 3.8) is 0 Å². The van der Waals surface area contributed by atoms with Crippen molar-refractivity contribution in [1.29, 1.82) is 0 Å². The number of nitrogens with one attached hydrogen (secondary N) is 1. The molecular weight excluding hydrogens is 242 g/mol. The van der Waals surface area contributed by atoms with Crippen molar-refractivity contribution >= 4 is 15.9 Å². The molecule has 1 aromatic rings. The summed E-state index contributed by atoms with van der Waals surface area (Å²) in [5.74, 6) is 5.98. The van der Waals surface area contributed by atoms with E-state index in [4.69, 9.17) is 4.42 Å². The molecule has 1 N–H and O–H groups in total. The van der Waals surface area contributed by atoms with Crippen LogP contribution in [-0.4, -0.2) is 6.54 Å². The van der Waals surface area contributed by atoms with Crippen molar-refractivity contribution in [3.05, 3.63) is 22.6 Å². The molecule has 1 heterocycles. The van der Waals surface area contributed by atoms with E-state index in [1.165, 1.54) is 0 Å². The molecule has 0 fully saturated rings. The molecule has 0 aliphatic carbocycles. The third-order valence-electron chi connectivity index (χ3n) is 1.95. The van der Waals surface area contributed by atoms with Gasteiger partial charge >= 0.3 is 0 Å². The molecule has 1 rings (SSSR count). The van der Waals surface area contributed by atoms with Gasteiger partial charge in [-0.1, -0.05) is 6.92 Å². The van der Waals surface area contributed by atoms with Gasteiger partial charge in [0.15, 0.2) is 4.67 Å². The van der Waals surface area contributed by atoms with Gasteiger partial charge in [-0.05, 0) is 35.5 Å². The third kappa shape index (κ3) is 2.90. The van der Waals surface area contributed by atoms with Crippen LogP contribution in [0.3, 0.4) is 0 Å². The summed E-state index contributed by atoms with van der Waals surface area (Å²) in [6.07, 6.45) is 2.49. The lowest BCUT2D eigenvalue weighted by atomic mass is 10.1. The SMILES string of the molecule is CC#CCC(NCC)c1ccoc1Br. The molecule has 76 valence electrons. The van der Waals surface area contributed by atoms with Crippen molar-refractivity contribution in [2.75, 3.05) is 6.54 Å². The molecule has 0 radical (unpaired) electrons. The summed E-state index contributed by atoms with van der Waals surface area (Å²) in [7, 11) is 0. The second kappa shape index (κ2) is 5.90. The molecule has 0 aliphatic rings. The van der Waals surface area contributed by atoms with Gasteiger partial charge < -0.3 is 9.73 Å². The van der Waals surface area contributed by atoms with Crippen LogP contribution in [0.25, 0.3) is 0 Å². The largest absolute Gasteiger partial charge is 0.457 e. The van der Waals surface area contributed by atoms with Crippen LogP contribution in [0.15, 0.2) is 21.4 Å². The van der Waals surface area contributed by atoms with Gasteiger partial charge in [0, 0.05) is 18.0 Å². The smallest absolute Gasteiger partial charge is 0.173 e. The van der Waals surface area contributed by atoms with Crippen LogP contribution in [0, 0.1) is 11.8 Å². The van der Waals surface area contributed by atoms with E-state index in [1.807, 2.05) is 13.0 Å². The maximum absolute atomic E-state index is 5.20. The van der Waals surface area contributed by atoms with E-state index in [2.05, 4.69) is 40.0 Å². The molecule has 14 heavy (non-hydrogen) atoms. The second-order valence-corrected chi connectivity index (χ2v) is 3.61. The predicted octanol–water partition coefficient (Wildman–Crippen LogP) is 3.11. The first-order valence-corrected chi connectivity index (χ1v) is 5.44. The number of halogens is 1. The topological polar surface area (TPSA) is 25.2 Å². The Kier molecular flexibility index (Phi) is 4.78. The Morgan fingerprint density at radius 3 is 2.93 bits per heavy atom. The van der Waals surface area contributed by atoms with Crippen LogP contribution in [0.4, 0.5) is 0 Å². The lowest BCUT2D eigenvalue weighted by Crippen LogP contribution is -2.20. The number of furan rings is 1. The molecule has 2 nitrogen and oxygen atoms in total. The van der Waals surface area contributed by atoms with Crippen molar-refractivity contribution in [2.45, 2.75) is 26.3 Å². The lowest BCUT2D eigenvalue weighted by molar-refractivity contribution is 0.512. The average Bonchev–Trinajstić information content (AvgIpc) is 2.59. The Balaban J connectivity index is 2.75. The van der Waals surface area contributed by atoms with E-state index < -0.39 is 0 Å². The van der Waals surface area contributed by atoms with Crippen molar-refractivity contribution in [1.82, 2.24) is 5.32 Å². The summed E-state index contributed by atoms with van der Waals surface area (Å²) >= 11 is 3.37. The molecule has 0 bridgehead atoms. The van der Waals surface area contributed by atoms with E-state index in [9.17, 15) is 0 Å². The van der Waals surface area contributed by atoms with Crippen LogP contribution < -0.4 is 5.32 Å². The molecular formula is C11H14BrNO. The normalized spacial score (nSPS) is 11.9. The average molecular weight is 256 g/mol. The van der Waals surface area contributed by atoms with Crippen molar-refractivity contribution < 1.29 is 4.42 Å². The molecule has 0 amide bonds. The molecule has 0 saturated heterocycles. The molecule has 1 aromatic heterocycles. The van der Waals surface area contributed by atoms with Gasteiger partial charge in [0.2, 0.25) is 0 Å². The molecule has 1 unspecified atom stereocenters. The predicted molar refractivity (Wildman–Crippen MR) is 60.9 cm³/mol. The first kappa shape index (κ1) is 11.4. The molecule has 3 heteroatoms. The van der Waals surface area contributed by atoms with Gasteiger partial charge in [0.1, 0.15) is 0 Å². The number of hydrogen-bond donors (Lipinski definition) is 1. The summed E-state index contributed by atoms with van der Waals surface area (Å²) in [5, 5.41) is 3.37. The molecule has 0 saturated carbocycles. The van der Waals surface area contributed by atoms with Gasteiger partial charge in [-0.25, -0.2) is 0 Å². The second-order valence-electron chi connectivity index (χ2n) is 2.89. The Morgan fingerprint density at radius 1 is 1.64 bits per heavy atom. The van der Waals surface area contributed by atoms with Crippen LogP contribution in [0.1, 0.15) is 31.9 Å². The minimum Gasteiger partial charge on any atom is -0.457 e. The summed E-state index contributed by atoms with van der Waals surface area (Å²) in [4.78, 5) is 0. The Bertz CT molecular complexity index is 335. The highest BCUT2D eigenvalue weighted by Crippen LogP contribution is 2.26. The van der Waals surface area contributed by atoms with Crippen LogP contribution >= 0.6 is 15.9 Å². The van der Waals surface area contributed by atoms with Gasteiger partial charge in [0.25, 0.3) is 0 Å². The lowest BCUT2D eigenvalue weighted by Gasteiger charge is -2.13. The summed E-state index contributed by atoms with van der Waals surface area (Å²) in [5.41, 5.74) is 1.13. The zero-order valence-electron chi connectivity index (χ0n) is 8.43. The van der Waals surface area contributed by atoms with Gasteiger partial charge in [0.05, 0.1) is 6.26 Å². The summed E-state index contributed by atoms with van der Waals surface area (Å²) < 4.78 is 5.99. The standard InChI is InChI=1S/C11H14BrNO/c1-3-5-6-10(13-4-2)9-7-8-14-11(9)12/h7-8,10,13H,4,6H2,1-2H3. The summed E-state index contributed by atoms with van der Waals surface area (Å²) in [6, 6.07) is 2.22. The minimum atomic E-state index is 0.251. The molecule has 0 spiro atoms. The highest BCUT2D eigenvalue weighted by atomic mass is 79.9. The van der Waals surface area contributed by atoms with Crippen LogP contribution in [0.2, 0.25) is 0 Å². The molecule has 0 aliphatic heterocycles. The highest BCUT2D eigenvalue weighted by molar-refractivity contribution is 9.10. The maximum atomic E-state index is 5.20. The maximum Gasteiger partial charge on any atom is 0.173 e. The Morgan fingerprint density at radius 2 is 2.43 bits per heavy atom. The minimum absolute atomic E-state index is 0.251. The van der Waals surface area contributed by atoms with E-state index >= 15 is 0 Å². The highest BCUT2D eigenvalue weighted by Gasteiger charge is 2.14. The summed E-state index contributed by atoms with van der Waals surface area (Å²) in [6.45, 7) is 4.86. The fourth-order valence-corrected chi connectivity index (χ4v) is 1.81. The third-order valence-corrected chi connectivity index (χ3v) is 2.60. The first-order chi connectivity index (χ1) is 6.79. The first-order valence-electron chi connectivity index (χ1n) is 4.65. The van der Waals surface area contributed by atoms with E-state index in [1.54, 1.807) is 6.26 Å². The van der Waals surface area contributed by atoms with Gasteiger partial charge in [-0.3, -0.25) is 0 Å². The molecule has 0 aromatic carbocycles. The fourth-order valence-electron chi connectivity index (χ4n) is 1.30. The van der Waals surface area contributed by atoms with E-state index in [-0.39, 0.29) is 6.04 Å². The number of hydrogen-bond acceptors (Lipinski definition) is 2. The fraction of sp³-hybridized carbons (Fsp3) is 0.455. The zero-order chi connectivity index (χ0) is 10.4. The zero-order valence-corrected chi connectivity index (χ0v) is 10.0. The van der Waals surface area contributed by atoms with E-state index in [0.29, 0.717) is 0 Å². The van der Waals surface area contributed by atoms with Crippen LogP contribution in [-0.2, 0) is 0 Å². The van der Waals surface area contributed by atoms with Gasteiger partial charge in [-0.2, -0.15) is 0 Å². The quantitative estimate of drug-likeness (QED) is 0.837. The Labute approximate surface area is 93.2 Å².